The molecule has 14 heteroatoms. The number of carbonyl (C=O) groups is 3. The molecule has 2 atom stereocenters. The zero-order chi connectivity index (χ0) is 34.3. The van der Waals surface area contributed by atoms with Gasteiger partial charge in [0.05, 0.1) is 18.3 Å². The smallest absolute Gasteiger partial charge is 0.415 e. The second-order valence-corrected chi connectivity index (χ2v) is 13.6. The first-order valence-corrected chi connectivity index (χ1v) is 15.5. The van der Waals surface area contributed by atoms with E-state index in [-0.39, 0.29) is 41.5 Å². The number of benzene rings is 1. The minimum Gasteiger partial charge on any atom is -0.474 e. The number of rotatable bonds is 4. The van der Waals surface area contributed by atoms with E-state index in [0.29, 0.717) is 41.5 Å². The van der Waals surface area contributed by atoms with E-state index < -0.39 is 47.5 Å². The van der Waals surface area contributed by atoms with E-state index in [1.165, 1.54) is 29.4 Å². The van der Waals surface area contributed by atoms with Gasteiger partial charge in [0.25, 0.3) is 0 Å². The predicted octanol–water partition coefficient (Wildman–Crippen LogP) is 7.24. The minimum absolute atomic E-state index is 0.0406. The molecule has 0 radical (unpaired) electrons. The van der Waals surface area contributed by atoms with Crippen molar-refractivity contribution in [2.75, 3.05) is 28.7 Å². The summed E-state index contributed by atoms with van der Waals surface area (Å²) >= 11 is 0. The van der Waals surface area contributed by atoms with Crippen LogP contribution in [0.3, 0.4) is 0 Å². The number of nitrogens with one attached hydrogen (secondary N) is 3. The Morgan fingerprint density at radius 3 is 2.36 bits per heavy atom. The van der Waals surface area contributed by atoms with Crippen LogP contribution in [0.25, 0.3) is 21.9 Å². The highest BCUT2D eigenvalue weighted by atomic mass is 19.1. The maximum Gasteiger partial charge on any atom is 0.415 e. The van der Waals surface area contributed by atoms with E-state index in [4.69, 9.17) is 14.2 Å². The summed E-state index contributed by atoms with van der Waals surface area (Å²) in [6, 6.07) is 1.82. The average molecular weight is 655 g/mol. The first kappa shape index (κ1) is 33.6. The average Bonchev–Trinajstić information content (AvgIpc) is 3.36. The Hall–Kier alpha value is -4.75. The van der Waals surface area contributed by atoms with Crippen molar-refractivity contribution < 1.29 is 37.4 Å². The number of hydrogen-bond acceptors (Lipinski definition) is 8. The first-order chi connectivity index (χ1) is 22.0. The van der Waals surface area contributed by atoms with Crippen LogP contribution in [0, 0.1) is 12.7 Å². The SMILES string of the molecule is Cc1c(-c2cc3cc(NC(=O)NC4CCCC4F)ncc3c(NC(=O)OC(C)(C)C)c2F)cnc2c1N(C(=O)OC(C)(C)C)CCO2. The van der Waals surface area contributed by atoms with Crippen molar-refractivity contribution in [2.24, 2.45) is 0 Å². The van der Waals surface area contributed by atoms with Gasteiger partial charge in [0, 0.05) is 28.9 Å². The monoisotopic (exact) mass is 654 g/mol. The highest BCUT2D eigenvalue weighted by molar-refractivity contribution is 6.05. The lowest BCUT2D eigenvalue weighted by Crippen LogP contribution is -2.42. The number of ether oxygens (including phenoxy) is 3. The van der Waals surface area contributed by atoms with Crippen LogP contribution in [-0.4, -0.2) is 64.8 Å². The number of hydrogen-bond donors (Lipinski definition) is 3. The highest BCUT2D eigenvalue weighted by Crippen LogP contribution is 2.42. The van der Waals surface area contributed by atoms with Crippen LogP contribution >= 0.6 is 0 Å². The van der Waals surface area contributed by atoms with E-state index in [9.17, 15) is 18.8 Å². The summed E-state index contributed by atoms with van der Waals surface area (Å²) in [5.41, 5.74) is -0.671. The summed E-state index contributed by atoms with van der Waals surface area (Å²) in [4.78, 5) is 48.8. The quantitative estimate of drug-likeness (QED) is 0.267. The largest absolute Gasteiger partial charge is 0.474 e. The molecule has 2 aromatic heterocycles. The molecular weight excluding hydrogens is 614 g/mol. The molecule has 12 nitrogen and oxygen atoms in total. The first-order valence-electron chi connectivity index (χ1n) is 15.5. The zero-order valence-electron chi connectivity index (χ0n) is 27.5. The molecule has 1 aliphatic heterocycles. The van der Waals surface area contributed by atoms with E-state index in [1.807, 2.05) is 0 Å². The molecule has 5 rings (SSSR count). The van der Waals surface area contributed by atoms with Gasteiger partial charge in [-0.3, -0.25) is 15.5 Å². The molecule has 3 aromatic rings. The Balaban J connectivity index is 1.59. The van der Waals surface area contributed by atoms with Crippen molar-refractivity contribution in [1.82, 2.24) is 15.3 Å². The van der Waals surface area contributed by atoms with Gasteiger partial charge in [0.15, 0.2) is 5.82 Å². The van der Waals surface area contributed by atoms with E-state index >= 15 is 4.39 Å². The zero-order valence-corrected chi connectivity index (χ0v) is 27.5. The van der Waals surface area contributed by atoms with Gasteiger partial charge in [-0.2, -0.15) is 0 Å². The number of urea groups is 1. The lowest BCUT2D eigenvalue weighted by molar-refractivity contribution is 0.0564. The molecule has 3 heterocycles. The molecule has 0 spiro atoms. The van der Waals surface area contributed by atoms with Gasteiger partial charge in [0.2, 0.25) is 5.88 Å². The lowest BCUT2D eigenvalue weighted by Gasteiger charge is -2.32. The van der Waals surface area contributed by atoms with Crippen LogP contribution in [-0.2, 0) is 9.47 Å². The summed E-state index contributed by atoms with van der Waals surface area (Å²) in [7, 11) is 0. The van der Waals surface area contributed by atoms with Crippen LogP contribution in [0.1, 0.15) is 66.4 Å². The molecule has 1 aliphatic carbocycles. The summed E-state index contributed by atoms with van der Waals surface area (Å²) in [5.74, 6) is -0.491. The molecule has 0 saturated heterocycles. The Morgan fingerprint density at radius 1 is 0.979 bits per heavy atom. The molecule has 1 fully saturated rings. The number of fused-ring (bicyclic) bond motifs is 2. The Kier molecular flexibility index (Phi) is 9.15. The van der Waals surface area contributed by atoms with Gasteiger partial charge < -0.3 is 19.5 Å². The topological polar surface area (TPSA) is 144 Å². The van der Waals surface area contributed by atoms with E-state index in [0.717, 1.165) is 0 Å². The fourth-order valence-corrected chi connectivity index (χ4v) is 5.57. The van der Waals surface area contributed by atoms with Gasteiger partial charge in [-0.25, -0.2) is 33.1 Å². The lowest BCUT2D eigenvalue weighted by atomic mass is 9.96. The van der Waals surface area contributed by atoms with Crippen LogP contribution in [0.4, 0.5) is 40.4 Å². The fraction of sp³-hybridized carbons (Fsp3) is 0.485. The number of pyridine rings is 2. The predicted molar refractivity (Wildman–Crippen MR) is 173 cm³/mol. The number of aromatic nitrogens is 2. The number of carbonyl (C=O) groups excluding carboxylic acids is 3. The molecule has 4 amide bonds. The molecule has 1 aromatic carbocycles. The molecule has 3 N–H and O–H groups in total. The Bertz CT molecular complexity index is 1720. The van der Waals surface area contributed by atoms with E-state index in [2.05, 4.69) is 25.9 Å². The Morgan fingerprint density at radius 2 is 1.70 bits per heavy atom. The second kappa shape index (κ2) is 12.8. The van der Waals surface area contributed by atoms with Crippen molar-refractivity contribution in [2.45, 2.75) is 91.1 Å². The number of halogens is 2. The Labute approximate surface area is 271 Å². The third-order valence-electron chi connectivity index (χ3n) is 7.58. The maximum absolute atomic E-state index is 16.6. The summed E-state index contributed by atoms with van der Waals surface area (Å²) in [6.45, 7) is 12.4. The van der Waals surface area contributed by atoms with Gasteiger partial charge >= 0.3 is 18.2 Å². The fourth-order valence-electron chi connectivity index (χ4n) is 5.57. The standard InChI is InChI=1S/C33H40F2N6O6/c1-17-20(15-37-28-27(17)41(11-12-45-28)31(44)47-33(5,6)7)19-13-18-14-24(39-29(42)38-23-10-8-9-22(23)34)36-16-21(18)26(25(19)35)40-30(43)46-32(2,3)4/h13-16,22-23H,8-12H2,1-7H3,(H,40,43)(H2,36,38,39,42). The normalized spacial score (nSPS) is 17.9. The third kappa shape index (κ3) is 7.63. The molecule has 1 saturated carbocycles. The molecule has 2 unspecified atom stereocenters. The second-order valence-electron chi connectivity index (χ2n) is 13.6. The number of anilines is 3. The van der Waals surface area contributed by atoms with Crippen LogP contribution in [0.2, 0.25) is 0 Å². The molecule has 47 heavy (non-hydrogen) atoms. The number of amides is 4. The van der Waals surface area contributed by atoms with Gasteiger partial charge in [-0.15, -0.1) is 0 Å². The van der Waals surface area contributed by atoms with E-state index in [1.54, 1.807) is 48.5 Å². The number of nitrogens with zero attached hydrogens (tertiary/aromatic N) is 3. The maximum atomic E-state index is 16.6. The van der Waals surface area contributed by atoms with Crippen LogP contribution in [0.15, 0.2) is 24.5 Å². The summed E-state index contributed by atoms with van der Waals surface area (Å²) in [5, 5.41) is 8.40. The van der Waals surface area contributed by atoms with Crippen molar-refractivity contribution >= 4 is 46.2 Å². The molecular formula is C33H40F2N6O6. The third-order valence-corrected chi connectivity index (χ3v) is 7.58. The molecule has 0 bridgehead atoms. The highest BCUT2D eigenvalue weighted by Gasteiger charge is 2.33. The van der Waals surface area contributed by atoms with Gasteiger partial charge in [-0.1, -0.05) is 0 Å². The van der Waals surface area contributed by atoms with Gasteiger partial charge in [-0.05, 0) is 90.8 Å². The summed E-state index contributed by atoms with van der Waals surface area (Å²) in [6.07, 6.45) is 1.73. The van der Waals surface area contributed by atoms with Gasteiger partial charge in [0.1, 0.15) is 35.5 Å². The minimum atomic E-state index is -1.12. The van der Waals surface area contributed by atoms with Crippen LogP contribution in [0.5, 0.6) is 5.88 Å². The van der Waals surface area contributed by atoms with Crippen molar-refractivity contribution in [1.29, 1.82) is 0 Å². The van der Waals surface area contributed by atoms with Crippen molar-refractivity contribution in [3.05, 3.63) is 35.9 Å². The van der Waals surface area contributed by atoms with Crippen molar-refractivity contribution in [3.63, 3.8) is 0 Å². The molecule has 2 aliphatic rings. The number of alkyl halides is 1. The van der Waals surface area contributed by atoms with Crippen molar-refractivity contribution in [3.8, 4) is 17.0 Å². The summed E-state index contributed by atoms with van der Waals surface area (Å²) < 4.78 is 47.4. The van der Waals surface area contributed by atoms with Crippen LogP contribution < -0.4 is 25.6 Å². The molecule has 252 valence electrons.